The Morgan fingerprint density at radius 3 is 2.76 bits per heavy atom. The average molecular weight is 308 g/mol. The zero-order valence-electron chi connectivity index (χ0n) is 11.5. The first-order valence-electron chi connectivity index (χ1n) is 6.24. The SMILES string of the molecule is CC(C)Oc1cncc(Nc2ccc(C(=O)O)cc2Cl)n1. The number of aromatic nitrogens is 2. The lowest BCUT2D eigenvalue weighted by Crippen LogP contribution is -2.08. The van der Waals surface area contributed by atoms with Gasteiger partial charge in [-0.2, -0.15) is 4.98 Å². The van der Waals surface area contributed by atoms with E-state index in [2.05, 4.69) is 15.3 Å². The molecular weight excluding hydrogens is 294 g/mol. The van der Waals surface area contributed by atoms with E-state index < -0.39 is 5.97 Å². The maximum atomic E-state index is 10.9. The van der Waals surface area contributed by atoms with Gasteiger partial charge in [0.05, 0.1) is 34.8 Å². The molecule has 6 nitrogen and oxygen atoms in total. The van der Waals surface area contributed by atoms with Crippen LogP contribution in [0.15, 0.2) is 30.6 Å². The number of anilines is 2. The quantitative estimate of drug-likeness (QED) is 0.881. The van der Waals surface area contributed by atoms with Gasteiger partial charge in [0.1, 0.15) is 0 Å². The van der Waals surface area contributed by atoms with Gasteiger partial charge in [0.2, 0.25) is 5.88 Å². The Morgan fingerprint density at radius 1 is 1.38 bits per heavy atom. The van der Waals surface area contributed by atoms with E-state index in [1.807, 2.05) is 13.8 Å². The highest BCUT2D eigenvalue weighted by molar-refractivity contribution is 6.33. The van der Waals surface area contributed by atoms with Crippen molar-refractivity contribution in [2.75, 3.05) is 5.32 Å². The fourth-order valence-electron chi connectivity index (χ4n) is 1.59. The van der Waals surface area contributed by atoms with Gasteiger partial charge in [0, 0.05) is 0 Å². The molecule has 1 aromatic heterocycles. The second-order valence-electron chi connectivity index (χ2n) is 4.53. The van der Waals surface area contributed by atoms with E-state index in [0.29, 0.717) is 17.4 Å². The molecule has 1 aromatic carbocycles. The van der Waals surface area contributed by atoms with Crippen molar-refractivity contribution in [3.63, 3.8) is 0 Å². The maximum Gasteiger partial charge on any atom is 0.335 e. The summed E-state index contributed by atoms with van der Waals surface area (Å²) in [5.41, 5.74) is 0.659. The molecule has 0 aliphatic carbocycles. The molecule has 0 radical (unpaired) electrons. The zero-order chi connectivity index (χ0) is 15.4. The van der Waals surface area contributed by atoms with Crippen molar-refractivity contribution >= 4 is 29.1 Å². The molecule has 1 heterocycles. The monoisotopic (exact) mass is 307 g/mol. The summed E-state index contributed by atoms with van der Waals surface area (Å²) in [5, 5.41) is 12.1. The third kappa shape index (κ3) is 4.06. The maximum absolute atomic E-state index is 10.9. The minimum Gasteiger partial charge on any atom is -0.478 e. The topological polar surface area (TPSA) is 84.3 Å². The summed E-state index contributed by atoms with van der Waals surface area (Å²) >= 11 is 6.04. The summed E-state index contributed by atoms with van der Waals surface area (Å²) < 4.78 is 5.45. The molecule has 0 atom stereocenters. The van der Waals surface area contributed by atoms with Crippen molar-refractivity contribution in [3.05, 3.63) is 41.2 Å². The molecule has 2 N–H and O–H groups in total. The van der Waals surface area contributed by atoms with Crippen LogP contribution >= 0.6 is 11.6 Å². The number of rotatable bonds is 5. The predicted molar refractivity (Wildman–Crippen MR) is 79.5 cm³/mol. The van der Waals surface area contributed by atoms with Crippen molar-refractivity contribution in [2.24, 2.45) is 0 Å². The van der Waals surface area contributed by atoms with E-state index in [9.17, 15) is 4.79 Å². The Balaban J connectivity index is 2.20. The van der Waals surface area contributed by atoms with Crippen LogP contribution in [0.4, 0.5) is 11.5 Å². The number of carbonyl (C=O) groups is 1. The van der Waals surface area contributed by atoms with E-state index in [1.54, 1.807) is 6.07 Å². The Labute approximate surface area is 126 Å². The number of aromatic carboxylic acids is 1. The molecule has 0 aliphatic heterocycles. The van der Waals surface area contributed by atoms with Crippen LogP contribution in [0.3, 0.4) is 0 Å². The second kappa shape index (κ2) is 6.41. The largest absolute Gasteiger partial charge is 0.478 e. The number of nitrogens with one attached hydrogen (secondary N) is 1. The van der Waals surface area contributed by atoms with Gasteiger partial charge in [0.15, 0.2) is 5.82 Å². The third-order valence-corrected chi connectivity index (χ3v) is 2.76. The first-order valence-corrected chi connectivity index (χ1v) is 6.62. The van der Waals surface area contributed by atoms with E-state index >= 15 is 0 Å². The lowest BCUT2D eigenvalue weighted by atomic mass is 10.2. The van der Waals surface area contributed by atoms with Crippen LogP contribution in [-0.2, 0) is 0 Å². The highest BCUT2D eigenvalue weighted by Gasteiger charge is 2.08. The Kier molecular flexibility index (Phi) is 4.59. The van der Waals surface area contributed by atoms with E-state index in [-0.39, 0.29) is 16.7 Å². The fraction of sp³-hybridized carbons (Fsp3) is 0.214. The lowest BCUT2D eigenvalue weighted by molar-refractivity contribution is 0.0697. The third-order valence-electron chi connectivity index (χ3n) is 2.45. The molecule has 2 aromatic rings. The van der Waals surface area contributed by atoms with Crippen molar-refractivity contribution in [2.45, 2.75) is 20.0 Å². The van der Waals surface area contributed by atoms with Gasteiger partial charge in [-0.25, -0.2) is 4.79 Å². The number of hydrogen-bond acceptors (Lipinski definition) is 5. The van der Waals surface area contributed by atoms with Crippen LogP contribution in [0, 0.1) is 0 Å². The number of halogens is 1. The van der Waals surface area contributed by atoms with E-state index in [4.69, 9.17) is 21.4 Å². The van der Waals surface area contributed by atoms with Gasteiger partial charge < -0.3 is 15.2 Å². The number of benzene rings is 1. The molecule has 0 amide bonds. The number of carboxylic acids is 1. The van der Waals surface area contributed by atoms with Crippen LogP contribution in [-0.4, -0.2) is 27.1 Å². The van der Waals surface area contributed by atoms with Crippen LogP contribution in [0.2, 0.25) is 5.02 Å². The van der Waals surface area contributed by atoms with Crippen molar-refractivity contribution in [1.82, 2.24) is 9.97 Å². The molecule has 0 aliphatic rings. The molecule has 21 heavy (non-hydrogen) atoms. The van der Waals surface area contributed by atoms with Gasteiger partial charge >= 0.3 is 5.97 Å². The Bertz CT molecular complexity index is 662. The molecule has 110 valence electrons. The van der Waals surface area contributed by atoms with Crippen molar-refractivity contribution in [1.29, 1.82) is 0 Å². The second-order valence-corrected chi connectivity index (χ2v) is 4.94. The molecular formula is C14H14ClN3O3. The highest BCUT2D eigenvalue weighted by Crippen LogP contribution is 2.26. The van der Waals surface area contributed by atoms with E-state index in [0.717, 1.165) is 0 Å². The molecule has 0 saturated heterocycles. The average Bonchev–Trinajstić information content (AvgIpc) is 2.40. The smallest absolute Gasteiger partial charge is 0.335 e. The molecule has 0 spiro atoms. The summed E-state index contributed by atoms with van der Waals surface area (Å²) in [7, 11) is 0. The standard InChI is InChI=1S/C14H14ClN3O3/c1-8(2)21-13-7-16-6-12(18-13)17-11-4-3-9(14(19)20)5-10(11)15/h3-8H,1-2H3,(H,17,18)(H,19,20). The molecule has 7 heteroatoms. The first-order chi connectivity index (χ1) is 9.95. The lowest BCUT2D eigenvalue weighted by Gasteiger charge is -2.11. The number of ether oxygens (including phenoxy) is 1. The van der Waals surface area contributed by atoms with Crippen LogP contribution < -0.4 is 10.1 Å². The Morgan fingerprint density at radius 2 is 2.14 bits per heavy atom. The van der Waals surface area contributed by atoms with Gasteiger partial charge in [-0.3, -0.25) is 4.98 Å². The molecule has 0 bridgehead atoms. The van der Waals surface area contributed by atoms with Gasteiger partial charge in [-0.15, -0.1) is 0 Å². The van der Waals surface area contributed by atoms with Crippen LogP contribution in [0.25, 0.3) is 0 Å². The van der Waals surface area contributed by atoms with Crippen LogP contribution in [0.1, 0.15) is 24.2 Å². The minimum atomic E-state index is -1.03. The number of hydrogen-bond donors (Lipinski definition) is 2. The highest BCUT2D eigenvalue weighted by atomic mass is 35.5. The predicted octanol–water partition coefficient (Wildman–Crippen LogP) is 3.36. The summed E-state index contributed by atoms with van der Waals surface area (Å²) in [6, 6.07) is 4.40. The van der Waals surface area contributed by atoms with Gasteiger partial charge in [0.25, 0.3) is 0 Å². The molecule has 0 fully saturated rings. The summed E-state index contributed by atoms with van der Waals surface area (Å²) in [6.07, 6.45) is 3.03. The molecule has 2 rings (SSSR count). The van der Waals surface area contributed by atoms with Crippen LogP contribution in [0.5, 0.6) is 5.88 Å². The zero-order valence-corrected chi connectivity index (χ0v) is 12.3. The van der Waals surface area contributed by atoms with E-state index in [1.165, 1.54) is 24.5 Å². The number of carboxylic acid groups (broad SMARTS) is 1. The fourth-order valence-corrected chi connectivity index (χ4v) is 1.82. The van der Waals surface area contributed by atoms with Gasteiger partial charge in [-0.1, -0.05) is 11.6 Å². The first kappa shape index (κ1) is 15.1. The minimum absolute atomic E-state index is 0.00649. The summed E-state index contributed by atoms with van der Waals surface area (Å²) in [4.78, 5) is 19.1. The number of nitrogens with zero attached hydrogens (tertiary/aromatic N) is 2. The van der Waals surface area contributed by atoms with Crippen molar-refractivity contribution in [3.8, 4) is 5.88 Å². The molecule has 0 unspecified atom stereocenters. The summed E-state index contributed by atoms with van der Waals surface area (Å²) in [6.45, 7) is 3.78. The normalized spacial score (nSPS) is 10.5. The van der Waals surface area contributed by atoms with Crippen molar-refractivity contribution < 1.29 is 14.6 Å². The van der Waals surface area contributed by atoms with Gasteiger partial charge in [-0.05, 0) is 32.0 Å². The summed E-state index contributed by atoms with van der Waals surface area (Å²) in [5.74, 6) is -0.179. The Hall–Kier alpha value is -2.34. The molecule has 0 saturated carbocycles.